The van der Waals surface area contributed by atoms with E-state index in [-0.39, 0.29) is 29.8 Å². The van der Waals surface area contributed by atoms with Gasteiger partial charge in [0.05, 0.1) is 16.2 Å². The van der Waals surface area contributed by atoms with E-state index < -0.39 is 16.7 Å². The SMILES string of the molecule is COCC(=O)Nc1ccccc1C(=O)Nc1nnc(-c2ccc([N+](=O)[O-])cc2)o1. The molecule has 0 unspecified atom stereocenters. The molecular formula is C18H15N5O6. The zero-order valence-electron chi connectivity index (χ0n) is 15.1. The molecule has 2 amide bonds. The topological polar surface area (TPSA) is 149 Å². The molecule has 3 rings (SSSR count). The first kappa shape index (κ1) is 19.6. The summed E-state index contributed by atoms with van der Waals surface area (Å²) in [6.45, 7) is -0.155. The van der Waals surface area contributed by atoms with Crippen LogP contribution in [0.15, 0.2) is 52.9 Å². The third kappa shape index (κ3) is 4.78. The fourth-order valence-electron chi connectivity index (χ4n) is 2.39. The highest BCUT2D eigenvalue weighted by molar-refractivity contribution is 6.09. The summed E-state index contributed by atoms with van der Waals surface area (Å²) < 4.78 is 10.1. The van der Waals surface area contributed by atoms with Crippen molar-refractivity contribution in [1.29, 1.82) is 0 Å². The Morgan fingerprint density at radius 3 is 2.52 bits per heavy atom. The predicted octanol–water partition coefficient (Wildman–Crippen LogP) is 2.48. The van der Waals surface area contributed by atoms with Gasteiger partial charge in [0.15, 0.2) is 0 Å². The Morgan fingerprint density at radius 2 is 1.83 bits per heavy atom. The number of nitrogens with one attached hydrogen (secondary N) is 2. The van der Waals surface area contributed by atoms with Crippen LogP contribution < -0.4 is 10.6 Å². The van der Waals surface area contributed by atoms with E-state index >= 15 is 0 Å². The largest absolute Gasteiger partial charge is 0.403 e. The summed E-state index contributed by atoms with van der Waals surface area (Å²) >= 11 is 0. The monoisotopic (exact) mass is 397 g/mol. The first-order chi connectivity index (χ1) is 14.0. The second-order valence-electron chi connectivity index (χ2n) is 5.70. The first-order valence-corrected chi connectivity index (χ1v) is 8.25. The molecule has 0 bridgehead atoms. The van der Waals surface area contributed by atoms with Crippen molar-refractivity contribution in [2.45, 2.75) is 0 Å². The molecule has 0 atom stereocenters. The number of nitro benzene ring substituents is 1. The third-order valence-corrected chi connectivity index (χ3v) is 3.69. The minimum atomic E-state index is -0.572. The van der Waals surface area contributed by atoms with Crippen LogP contribution in [-0.2, 0) is 9.53 Å². The van der Waals surface area contributed by atoms with Gasteiger partial charge in [-0.2, -0.15) is 0 Å². The average molecular weight is 397 g/mol. The summed E-state index contributed by atoms with van der Waals surface area (Å²) in [5, 5.41) is 23.3. The second kappa shape index (κ2) is 8.71. The van der Waals surface area contributed by atoms with E-state index in [2.05, 4.69) is 20.8 Å². The van der Waals surface area contributed by atoms with Gasteiger partial charge in [-0.1, -0.05) is 17.2 Å². The van der Waals surface area contributed by atoms with E-state index in [1.807, 2.05) is 0 Å². The van der Waals surface area contributed by atoms with Gasteiger partial charge in [0.25, 0.3) is 11.6 Å². The number of ether oxygens (including phenoxy) is 1. The van der Waals surface area contributed by atoms with Crippen molar-refractivity contribution in [3.63, 3.8) is 0 Å². The molecule has 0 saturated carbocycles. The molecule has 1 aromatic heterocycles. The summed E-state index contributed by atoms with van der Waals surface area (Å²) in [5.74, 6) is -0.903. The number of aromatic nitrogens is 2. The lowest BCUT2D eigenvalue weighted by Gasteiger charge is -2.09. The molecule has 148 valence electrons. The Balaban J connectivity index is 1.74. The number of methoxy groups -OCH3 is 1. The van der Waals surface area contributed by atoms with Crippen LogP contribution in [-0.4, -0.2) is 40.7 Å². The normalized spacial score (nSPS) is 10.4. The Hall–Kier alpha value is -4.12. The van der Waals surface area contributed by atoms with Crippen molar-refractivity contribution in [3.05, 3.63) is 64.2 Å². The molecule has 0 aliphatic heterocycles. The summed E-state index contributed by atoms with van der Waals surface area (Å²) in [7, 11) is 1.39. The number of anilines is 2. The summed E-state index contributed by atoms with van der Waals surface area (Å²) in [4.78, 5) is 34.5. The third-order valence-electron chi connectivity index (χ3n) is 3.69. The molecule has 2 N–H and O–H groups in total. The van der Waals surface area contributed by atoms with Crippen LogP contribution >= 0.6 is 0 Å². The van der Waals surface area contributed by atoms with Crippen molar-refractivity contribution in [2.75, 3.05) is 24.4 Å². The Labute approximate surface area is 163 Å². The highest BCUT2D eigenvalue weighted by Crippen LogP contribution is 2.23. The fraction of sp³-hybridized carbons (Fsp3) is 0.111. The van der Waals surface area contributed by atoms with Crippen LogP contribution in [0.4, 0.5) is 17.4 Å². The molecule has 0 spiro atoms. The number of carbonyl (C=O) groups excluding carboxylic acids is 2. The number of non-ortho nitro benzene ring substituents is 1. The fourth-order valence-corrected chi connectivity index (χ4v) is 2.39. The van der Waals surface area contributed by atoms with Gasteiger partial charge in [-0.3, -0.25) is 25.0 Å². The molecule has 3 aromatic rings. The number of nitro groups is 1. The van der Waals surface area contributed by atoms with Gasteiger partial charge in [0, 0.05) is 24.8 Å². The lowest BCUT2D eigenvalue weighted by molar-refractivity contribution is -0.384. The molecule has 11 nitrogen and oxygen atoms in total. The van der Waals surface area contributed by atoms with Crippen LogP contribution in [0.2, 0.25) is 0 Å². The maximum Gasteiger partial charge on any atom is 0.322 e. The van der Waals surface area contributed by atoms with E-state index in [0.717, 1.165) is 0 Å². The minimum absolute atomic E-state index is 0.0751. The Bertz CT molecular complexity index is 1050. The Kier molecular flexibility index (Phi) is 5.90. The van der Waals surface area contributed by atoms with Gasteiger partial charge >= 0.3 is 6.01 Å². The predicted molar refractivity (Wildman–Crippen MR) is 101 cm³/mol. The summed E-state index contributed by atoms with van der Waals surface area (Å²) in [6, 6.07) is 11.7. The van der Waals surface area contributed by atoms with Crippen LogP contribution in [0.3, 0.4) is 0 Å². The smallest absolute Gasteiger partial charge is 0.322 e. The number of benzene rings is 2. The van der Waals surface area contributed by atoms with E-state index in [9.17, 15) is 19.7 Å². The lowest BCUT2D eigenvalue weighted by Crippen LogP contribution is -2.21. The van der Waals surface area contributed by atoms with E-state index in [4.69, 9.17) is 9.15 Å². The molecule has 1 heterocycles. The number of hydrogen-bond acceptors (Lipinski definition) is 8. The first-order valence-electron chi connectivity index (χ1n) is 8.25. The Morgan fingerprint density at radius 1 is 1.10 bits per heavy atom. The quantitative estimate of drug-likeness (QED) is 0.456. The van der Waals surface area contributed by atoms with Crippen LogP contribution in [0.25, 0.3) is 11.5 Å². The lowest BCUT2D eigenvalue weighted by atomic mass is 10.1. The number of carbonyl (C=O) groups is 2. The molecule has 0 radical (unpaired) electrons. The van der Waals surface area contributed by atoms with Gasteiger partial charge < -0.3 is 14.5 Å². The number of nitrogens with zero attached hydrogens (tertiary/aromatic N) is 3. The van der Waals surface area contributed by atoms with Crippen molar-refractivity contribution in [1.82, 2.24) is 10.2 Å². The highest BCUT2D eigenvalue weighted by Gasteiger charge is 2.17. The number of para-hydroxylation sites is 1. The van der Waals surface area contributed by atoms with E-state index in [1.165, 1.54) is 37.4 Å². The van der Waals surface area contributed by atoms with Crippen molar-refractivity contribution < 1.29 is 23.7 Å². The molecule has 0 aliphatic rings. The molecule has 11 heteroatoms. The standard InChI is InChI=1S/C18H15N5O6/c1-28-10-15(24)19-14-5-3-2-4-13(14)16(25)20-18-22-21-17(29-18)11-6-8-12(9-7-11)23(26)27/h2-9H,10H2,1H3,(H,19,24)(H,20,22,25). The molecule has 0 fully saturated rings. The molecule has 0 aliphatic carbocycles. The minimum Gasteiger partial charge on any atom is -0.403 e. The van der Waals surface area contributed by atoms with Gasteiger partial charge in [0.1, 0.15) is 6.61 Å². The van der Waals surface area contributed by atoms with E-state index in [0.29, 0.717) is 11.3 Å². The number of amides is 2. The van der Waals surface area contributed by atoms with Gasteiger partial charge in [-0.15, -0.1) is 5.10 Å². The van der Waals surface area contributed by atoms with E-state index in [1.54, 1.807) is 18.2 Å². The van der Waals surface area contributed by atoms with Crippen LogP contribution in [0.1, 0.15) is 10.4 Å². The summed E-state index contributed by atoms with van der Waals surface area (Å²) in [5.41, 5.74) is 0.860. The number of hydrogen-bond donors (Lipinski definition) is 2. The molecule has 2 aromatic carbocycles. The van der Waals surface area contributed by atoms with Crippen LogP contribution in [0.5, 0.6) is 0 Å². The zero-order chi connectivity index (χ0) is 20.8. The average Bonchev–Trinajstić information content (AvgIpc) is 3.17. The summed E-state index contributed by atoms with van der Waals surface area (Å²) in [6.07, 6.45) is 0. The maximum absolute atomic E-state index is 12.5. The molecular weight excluding hydrogens is 382 g/mol. The van der Waals surface area contributed by atoms with Gasteiger partial charge in [-0.05, 0) is 24.3 Å². The van der Waals surface area contributed by atoms with Crippen molar-refractivity contribution >= 4 is 29.2 Å². The zero-order valence-corrected chi connectivity index (χ0v) is 15.1. The number of rotatable bonds is 7. The van der Waals surface area contributed by atoms with Gasteiger partial charge in [-0.25, -0.2) is 0 Å². The van der Waals surface area contributed by atoms with Crippen molar-refractivity contribution in [3.8, 4) is 11.5 Å². The molecule has 29 heavy (non-hydrogen) atoms. The highest BCUT2D eigenvalue weighted by atomic mass is 16.6. The second-order valence-corrected chi connectivity index (χ2v) is 5.70. The molecule has 0 saturated heterocycles. The maximum atomic E-state index is 12.5. The van der Waals surface area contributed by atoms with Crippen LogP contribution in [0, 0.1) is 10.1 Å². The van der Waals surface area contributed by atoms with Gasteiger partial charge in [0.2, 0.25) is 11.8 Å². The van der Waals surface area contributed by atoms with Crippen molar-refractivity contribution in [2.24, 2.45) is 0 Å².